The number of hydrogen-bond acceptors (Lipinski definition) is 5. The molecule has 1 aliphatic rings. The maximum absolute atomic E-state index is 13.7. The molecule has 1 unspecified atom stereocenters. The Bertz CT molecular complexity index is 1020. The number of hydrogen-bond donors (Lipinski definition) is 0. The lowest BCUT2D eigenvalue weighted by Gasteiger charge is -2.32. The highest BCUT2D eigenvalue weighted by Gasteiger charge is 2.26. The quantitative estimate of drug-likeness (QED) is 0.615. The van der Waals surface area contributed by atoms with Crippen LogP contribution in [0.3, 0.4) is 0 Å². The van der Waals surface area contributed by atoms with Gasteiger partial charge in [0.2, 0.25) is 11.7 Å². The fourth-order valence-electron chi connectivity index (χ4n) is 3.77. The second-order valence-corrected chi connectivity index (χ2v) is 7.60. The van der Waals surface area contributed by atoms with Crippen LogP contribution in [0.25, 0.3) is 11.4 Å². The number of carbonyl (C=O) groups is 1. The number of aromatic nitrogens is 2. The predicted octanol–water partition coefficient (Wildman–Crippen LogP) is 4.04. The summed E-state index contributed by atoms with van der Waals surface area (Å²) in [6.45, 7) is 3.11. The number of rotatable bonds is 6. The van der Waals surface area contributed by atoms with Gasteiger partial charge in [-0.1, -0.05) is 41.6 Å². The normalized spacial score (nSPS) is 16.5. The maximum atomic E-state index is 13.7. The van der Waals surface area contributed by atoms with Gasteiger partial charge >= 0.3 is 0 Å². The summed E-state index contributed by atoms with van der Waals surface area (Å²) in [5.41, 5.74) is 2.05. The fourth-order valence-corrected chi connectivity index (χ4v) is 3.77. The average Bonchev–Trinajstić information content (AvgIpc) is 3.21. The third kappa shape index (κ3) is 4.67. The van der Waals surface area contributed by atoms with Crippen molar-refractivity contribution in [2.45, 2.75) is 26.2 Å². The number of aryl methyl sites for hydroxylation is 1. The Hall–Kier alpha value is -3.22. The van der Waals surface area contributed by atoms with Gasteiger partial charge in [0.15, 0.2) is 18.2 Å². The average molecular weight is 409 g/mol. The van der Waals surface area contributed by atoms with Gasteiger partial charge in [-0.15, -0.1) is 0 Å². The summed E-state index contributed by atoms with van der Waals surface area (Å²) in [6.07, 6.45) is 2.51. The minimum Gasteiger partial charge on any atom is -0.481 e. The molecule has 0 aliphatic carbocycles. The molecule has 4 rings (SSSR count). The van der Waals surface area contributed by atoms with Crippen molar-refractivity contribution in [3.63, 3.8) is 0 Å². The van der Waals surface area contributed by atoms with Gasteiger partial charge in [0.1, 0.15) is 0 Å². The first-order chi connectivity index (χ1) is 14.6. The molecule has 0 N–H and O–H groups in total. The number of ether oxygens (including phenoxy) is 1. The van der Waals surface area contributed by atoms with E-state index >= 15 is 0 Å². The molecule has 0 bridgehead atoms. The lowest BCUT2D eigenvalue weighted by atomic mass is 9.94. The van der Waals surface area contributed by atoms with Crippen LogP contribution in [0.4, 0.5) is 4.39 Å². The van der Waals surface area contributed by atoms with Gasteiger partial charge in [-0.25, -0.2) is 4.39 Å². The van der Waals surface area contributed by atoms with Gasteiger partial charge in [-0.3, -0.25) is 4.79 Å². The first-order valence-corrected chi connectivity index (χ1v) is 10.1. The van der Waals surface area contributed by atoms with Crippen molar-refractivity contribution < 1.29 is 18.4 Å². The van der Waals surface area contributed by atoms with E-state index in [2.05, 4.69) is 10.1 Å². The number of likely N-dealkylation sites (tertiary alicyclic amines) is 1. The van der Waals surface area contributed by atoms with Crippen LogP contribution in [0.5, 0.6) is 5.75 Å². The van der Waals surface area contributed by atoms with E-state index in [9.17, 15) is 9.18 Å². The second kappa shape index (κ2) is 9.07. The Balaban J connectivity index is 1.33. The first-order valence-electron chi connectivity index (χ1n) is 10.1. The van der Waals surface area contributed by atoms with Crippen LogP contribution in [0.1, 0.15) is 24.3 Å². The molecule has 156 valence electrons. The van der Waals surface area contributed by atoms with Crippen molar-refractivity contribution in [1.82, 2.24) is 15.0 Å². The summed E-state index contributed by atoms with van der Waals surface area (Å²) in [5.74, 6) is 0.882. The maximum Gasteiger partial charge on any atom is 0.260 e. The van der Waals surface area contributed by atoms with Crippen LogP contribution in [-0.2, 0) is 11.2 Å². The van der Waals surface area contributed by atoms with Crippen molar-refractivity contribution in [2.24, 2.45) is 5.92 Å². The molecule has 1 saturated heterocycles. The predicted molar refractivity (Wildman–Crippen MR) is 109 cm³/mol. The largest absolute Gasteiger partial charge is 0.481 e. The fraction of sp³-hybridized carbons (Fsp3) is 0.348. The molecule has 1 aromatic heterocycles. The Labute approximate surface area is 174 Å². The lowest BCUT2D eigenvalue weighted by molar-refractivity contribution is -0.135. The van der Waals surface area contributed by atoms with Crippen molar-refractivity contribution in [2.75, 3.05) is 19.7 Å². The van der Waals surface area contributed by atoms with Crippen molar-refractivity contribution in [1.29, 1.82) is 0 Å². The zero-order valence-corrected chi connectivity index (χ0v) is 16.9. The number of benzene rings is 2. The van der Waals surface area contributed by atoms with E-state index in [1.54, 1.807) is 17.0 Å². The van der Waals surface area contributed by atoms with Crippen LogP contribution in [-0.4, -0.2) is 40.6 Å². The van der Waals surface area contributed by atoms with E-state index in [0.717, 1.165) is 24.0 Å². The van der Waals surface area contributed by atoms with E-state index < -0.39 is 5.82 Å². The minimum atomic E-state index is -0.470. The molecular weight excluding hydrogens is 385 g/mol. The van der Waals surface area contributed by atoms with Crippen LogP contribution in [0.2, 0.25) is 0 Å². The summed E-state index contributed by atoms with van der Waals surface area (Å²) in [5, 5.41) is 4.12. The number of carbonyl (C=O) groups excluding carboxylic acids is 1. The number of nitrogens with zero attached hydrogens (tertiary/aromatic N) is 3. The molecule has 30 heavy (non-hydrogen) atoms. The lowest BCUT2D eigenvalue weighted by Crippen LogP contribution is -2.42. The van der Waals surface area contributed by atoms with Crippen molar-refractivity contribution in [3.05, 3.63) is 65.8 Å². The highest BCUT2D eigenvalue weighted by molar-refractivity contribution is 5.77. The highest BCUT2D eigenvalue weighted by atomic mass is 19.1. The highest BCUT2D eigenvalue weighted by Crippen LogP contribution is 2.24. The van der Waals surface area contributed by atoms with Crippen molar-refractivity contribution >= 4 is 5.91 Å². The molecular formula is C23H24FN3O3. The molecule has 1 aliphatic heterocycles. The van der Waals surface area contributed by atoms with E-state index in [4.69, 9.17) is 9.26 Å². The SMILES string of the molecule is Cc1ccccc1-c1noc(CC2CCCN(C(=O)COc3ccccc3F)C2)n1. The van der Waals surface area contributed by atoms with Gasteiger partial charge in [0, 0.05) is 25.1 Å². The molecule has 1 amide bonds. The van der Waals surface area contributed by atoms with Crippen LogP contribution >= 0.6 is 0 Å². The summed E-state index contributed by atoms with van der Waals surface area (Å²) >= 11 is 0. The topological polar surface area (TPSA) is 68.5 Å². The van der Waals surface area contributed by atoms with E-state index in [0.29, 0.717) is 31.2 Å². The number of piperidine rings is 1. The van der Waals surface area contributed by atoms with E-state index in [-0.39, 0.29) is 24.2 Å². The molecule has 2 aromatic carbocycles. The number of para-hydroxylation sites is 1. The number of amides is 1. The minimum absolute atomic E-state index is 0.0917. The van der Waals surface area contributed by atoms with Gasteiger partial charge < -0.3 is 14.2 Å². The Morgan fingerprint density at radius 2 is 2.03 bits per heavy atom. The van der Waals surface area contributed by atoms with Gasteiger partial charge in [-0.05, 0) is 43.4 Å². The first kappa shape index (κ1) is 20.1. The Morgan fingerprint density at radius 1 is 1.23 bits per heavy atom. The zero-order chi connectivity index (χ0) is 20.9. The number of halogens is 1. The van der Waals surface area contributed by atoms with Crippen LogP contribution in [0.15, 0.2) is 53.1 Å². The zero-order valence-electron chi connectivity index (χ0n) is 16.9. The molecule has 7 heteroatoms. The monoisotopic (exact) mass is 409 g/mol. The Morgan fingerprint density at radius 3 is 2.87 bits per heavy atom. The second-order valence-electron chi connectivity index (χ2n) is 7.60. The third-order valence-corrected chi connectivity index (χ3v) is 5.38. The summed E-state index contributed by atoms with van der Waals surface area (Å²) in [4.78, 5) is 18.8. The molecule has 2 heterocycles. The summed E-state index contributed by atoms with van der Waals surface area (Å²) in [7, 11) is 0. The van der Waals surface area contributed by atoms with E-state index in [1.165, 1.54) is 12.1 Å². The summed E-state index contributed by atoms with van der Waals surface area (Å²) < 4.78 is 24.5. The van der Waals surface area contributed by atoms with Gasteiger partial charge in [0.05, 0.1) is 0 Å². The van der Waals surface area contributed by atoms with Gasteiger partial charge in [-0.2, -0.15) is 4.98 Å². The Kier molecular flexibility index (Phi) is 6.07. The smallest absolute Gasteiger partial charge is 0.260 e. The molecule has 0 radical (unpaired) electrons. The molecule has 1 atom stereocenters. The third-order valence-electron chi connectivity index (χ3n) is 5.38. The molecule has 0 spiro atoms. The van der Waals surface area contributed by atoms with Gasteiger partial charge in [0.25, 0.3) is 5.91 Å². The summed E-state index contributed by atoms with van der Waals surface area (Å²) in [6, 6.07) is 14.0. The molecule has 6 nitrogen and oxygen atoms in total. The van der Waals surface area contributed by atoms with E-state index in [1.807, 2.05) is 31.2 Å². The molecule has 0 saturated carbocycles. The van der Waals surface area contributed by atoms with Crippen molar-refractivity contribution in [3.8, 4) is 17.1 Å². The molecule has 3 aromatic rings. The van der Waals surface area contributed by atoms with Crippen LogP contribution < -0.4 is 4.74 Å². The standard InChI is InChI=1S/C23H24FN3O3/c1-16-7-2-3-9-18(16)23-25-21(30-26-23)13-17-8-6-12-27(14-17)22(28)15-29-20-11-5-4-10-19(20)24/h2-5,7,9-11,17H,6,8,12-15H2,1H3. The molecule has 1 fully saturated rings. The van der Waals surface area contributed by atoms with Crippen LogP contribution in [0, 0.1) is 18.7 Å².